The standard InChI is InChI=1S/C23H28N4O3.C20H21N3O4.C19H21N3O2.C3H9N/c1-13(2)18-12-19(20(28)11-15(18)5)21-25-26-22(23(29)24-14(3)4)27(21)16-7-9-17(30-6)10-8-16;1-11(2)15-10-16(17(24)9-12(15)3)18-21-22-19(20(25)26)23(18)13-5-7-14(27-4)8-6-13;1-12(2)16-10-17(18(23)9-13(16)3)19-21-20-11-22(19)14-5-7-15(24-4)8-6-14;1-3(2)4/h7-14,28H,1-6H3,(H,24,29);5-11,24H,1-4H3,(H,25,26);5-12,23H,1-4H3;3H,4H2,1-2H3. The fourth-order valence-corrected chi connectivity index (χ4v) is 9.36. The first kappa shape index (κ1) is 64.6. The molecule has 0 saturated heterocycles. The number of aromatic hydroxyl groups is 3. The maximum Gasteiger partial charge on any atom is 0.374 e. The Morgan fingerprint density at radius 1 is 0.482 bits per heavy atom. The number of ether oxygens (including phenoxy) is 3. The Labute approximate surface area is 497 Å². The maximum absolute atomic E-state index is 12.8. The molecule has 3 aromatic heterocycles. The number of nitrogens with two attached hydrogens (primary N) is 1. The molecule has 448 valence electrons. The Morgan fingerprint density at radius 3 is 1.14 bits per heavy atom. The summed E-state index contributed by atoms with van der Waals surface area (Å²) in [6.45, 7) is 26.1. The van der Waals surface area contributed by atoms with Gasteiger partial charge in [-0.2, -0.15) is 0 Å². The summed E-state index contributed by atoms with van der Waals surface area (Å²) in [5.74, 6) is 2.95. The molecule has 0 atom stereocenters. The van der Waals surface area contributed by atoms with E-state index >= 15 is 0 Å². The monoisotopic (exact) mass is 1160 g/mol. The lowest BCUT2D eigenvalue weighted by molar-refractivity contribution is 0.0680. The molecular weight excluding hydrogens is 1080 g/mol. The quantitative estimate of drug-likeness (QED) is 0.0557. The Balaban J connectivity index is 0.000000199. The minimum Gasteiger partial charge on any atom is -0.507 e. The lowest BCUT2D eigenvalue weighted by atomic mass is 9.95. The van der Waals surface area contributed by atoms with Gasteiger partial charge in [0, 0.05) is 23.1 Å². The molecule has 85 heavy (non-hydrogen) atoms. The van der Waals surface area contributed by atoms with Crippen LogP contribution in [0.5, 0.6) is 34.5 Å². The first-order valence-corrected chi connectivity index (χ1v) is 27.9. The summed E-state index contributed by atoms with van der Waals surface area (Å²) in [5.41, 5.74) is 15.3. The molecule has 0 aliphatic heterocycles. The summed E-state index contributed by atoms with van der Waals surface area (Å²) in [6.07, 6.45) is 1.64. The highest BCUT2D eigenvalue weighted by Crippen LogP contribution is 2.38. The van der Waals surface area contributed by atoms with Gasteiger partial charge in [0.05, 0.1) is 38.0 Å². The van der Waals surface area contributed by atoms with Crippen LogP contribution in [0.4, 0.5) is 0 Å². The number of aryl methyl sites for hydroxylation is 3. The Bertz CT molecular complexity index is 3710. The molecule has 6 aromatic carbocycles. The number of carboxylic acids is 1. The minimum absolute atomic E-state index is 0.0241. The number of hydrogen-bond acceptors (Lipinski definition) is 15. The highest BCUT2D eigenvalue weighted by atomic mass is 16.5. The second-order valence-electron chi connectivity index (χ2n) is 21.8. The van der Waals surface area contributed by atoms with Crippen molar-refractivity contribution in [3.63, 3.8) is 0 Å². The molecule has 0 spiro atoms. The van der Waals surface area contributed by atoms with Crippen LogP contribution < -0.4 is 25.3 Å². The predicted molar refractivity (Wildman–Crippen MR) is 330 cm³/mol. The number of carbonyl (C=O) groups excluding carboxylic acids is 1. The molecule has 7 N–H and O–H groups in total. The third-order valence-corrected chi connectivity index (χ3v) is 13.4. The molecule has 3 heterocycles. The van der Waals surface area contributed by atoms with Crippen LogP contribution >= 0.6 is 0 Å². The Hall–Kier alpha value is -9.56. The van der Waals surface area contributed by atoms with E-state index in [1.165, 1.54) is 10.1 Å². The molecule has 1 amide bonds. The summed E-state index contributed by atoms with van der Waals surface area (Å²) in [4.78, 5) is 24.5. The van der Waals surface area contributed by atoms with Gasteiger partial charge in [-0.15, -0.1) is 30.6 Å². The van der Waals surface area contributed by atoms with E-state index in [2.05, 4.69) is 77.5 Å². The van der Waals surface area contributed by atoms with Crippen LogP contribution in [0.2, 0.25) is 0 Å². The first-order chi connectivity index (χ1) is 40.3. The summed E-state index contributed by atoms with van der Waals surface area (Å²) in [5, 5.41) is 68.6. The van der Waals surface area contributed by atoms with Crippen molar-refractivity contribution >= 4 is 11.9 Å². The van der Waals surface area contributed by atoms with E-state index in [4.69, 9.17) is 19.9 Å². The molecule has 0 bridgehead atoms. The average molecular weight is 1160 g/mol. The number of aromatic carboxylic acids is 1. The van der Waals surface area contributed by atoms with E-state index in [9.17, 15) is 30.0 Å². The zero-order chi connectivity index (χ0) is 62.6. The van der Waals surface area contributed by atoms with E-state index in [0.29, 0.717) is 63.2 Å². The normalized spacial score (nSPS) is 11.0. The number of phenols is 3. The molecule has 9 rings (SSSR count). The van der Waals surface area contributed by atoms with Crippen LogP contribution in [0, 0.1) is 20.8 Å². The van der Waals surface area contributed by atoms with Gasteiger partial charge >= 0.3 is 5.97 Å². The van der Waals surface area contributed by atoms with E-state index in [-0.39, 0.29) is 58.5 Å². The van der Waals surface area contributed by atoms with Crippen LogP contribution in [0.3, 0.4) is 0 Å². The number of carbonyl (C=O) groups is 2. The van der Waals surface area contributed by atoms with Gasteiger partial charge in [0.15, 0.2) is 17.5 Å². The molecule has 20 heteroatoms. The number of aromatic nitrogens is 9. The largest absolute Gasteiger partial charge is 0.507 e. The lowest BCUT2D eigenvalue weighted by Crippen LogP contribution is -2.32. The van der Waals surface area contributed by atoms with Crippen molar-refractivity contribution in [3.8, 4) is 85.7 Å². The molecular formula is C65H79N11O9. The Morgan fingerprint density at radius 2 is 0.812 bits per heavy atom. The molecule has 20 nitrogen and oxygen atoms in total. The van der Waals surface area contributed by atoms with Crippen molar-refractivity contribution in [3.05, 3.63) is 161 Å². The van der Waals surface area contributed by atoms with Crippen molar-refractivity contribution < 1.29 is 44.2 Å². The number of benzene rings is 6. The van der Waals surface area contributed by atoms with Gasteiger partial charge in [0.2, 0.25) is 11.6 Å². The fourth-order valence-electron chi connectivity index (χ4n) is 9.36. The lowest BCUT2D eigenvalue weighted by Gasteiger charge is -2.16. The van der Waals surface area contributed by atoms with E-state index in [1.54, 1.807) is 86.8 Å². The topological polar surface area (TPSA) is 273 Å². The van der Waals surface area contributed by atoms with Gasteiger partial charge in [0.25, 0.3) is 5.91 Å². The number of nitrogens with zero attached hydrogens (tertiary/aromatic N) is 9. The second kappa shape index (κ2) is 28.6. The van der Waals surface area contributed by atoms with Crippen molar-refractivity contribution in [1.29, 1.82) is 0 Å². The van der Waals surface area contributed by atoms with Gasteiger partial charge in [0.1, 0.15) is 40.8 Å². The summed E-state index contributed by atoms with van der Waals surface area (Å²) >= 11 is 0. The van der Waals surface area contributed by atoms with Gasteiger partial charge < -0.3 is 45.7 Å². The highest BCUT2D eigenvalue weighted by Gasteiger charge is 2.26. The molecule has 0 radical (unpaired) electrons. The number of rotatable bonds is 15. The molecule has 0 saturated carbocycles. The molecule has 0 aliphatic rings. The third kappa shape index (κ3) is 15.6. The Kier molecular flexibility index (Phi) is 21.8. The van der Waals surface area contributed by atoms with Crippen LogP contribution in [0.15, 0.2) is 116 Å². The molecule has 9 aromatic rings. The summed E-state index contributed by atoms with van der Waals surface area (Å²) in [7, 11) is 4.79. The number of methoxy groups -OCH3 is 3. The SMILES string of the molecule is CC(C)N.COc1ccc(-n2c(C(=O)NC(C)C)nnc2-c2cc(C(C)C)c(C)cc2O)cc1.COc1ccc(-n2c(C(=O)O)nnc2-c2cc(C(C)C)c(C)cc2O)cc1.COc1ccc(-n2cnnc2-c2cc(C(C)C)c(C)cc2O)cc1. The van der Waals surface area contributed by atoms with Crippen molar-refractivity contribution in [2.24, 2.45) is 5.73 Å². The molecule has 0 unspecified atom stereocenters. The van der Waals surface area contributed by atoms with E-state index < -0.39 is 5.97 Å². The van der Waals surface area contributed by atoms with Gasteiger partial charge in [-0.25, -0.2) is 4.79 Å². The summed E-state index contributed by atoms with van der Waals surface area (Å²) in [6, 6.07) is 33.0. The van der Waals surface area contributed by atoms with Crippen molar-refractivity contribution in [2.45, 2.75) is 120 Å². The minimum atomic E-state index is -1.21. The zero-order valence-electron chi connectivity index (χ0n) is 51.3. The molecule has 0 aliphatic carbocycles. The number of nitrogens with one attached hydrogen (secondary N) is 1. The van der Waals surface area contributed by atoms with Gasteiger partial charge in [-0.05, 0) is 201 Å². The van der Waals surface area contributed by atoms with Crippen LogP contribution in [-0.4, -0.2) is 110 Å². The fraction of sp³-hybridized carbons (Fsp3) is 0.323. The predicted octanol–water partition coefficient (Wildman–Crippen LogP) is 12.4. The van der Waals surface area contributed by atoms with Crippen molar-refractivity contribution in [2.75, 3.05) is 21.3 Å². The van der Waals surface area contributed by atoms with Crippen LogP contribution in [0.25, 0.3) is 51.2 Å². The first-order valence-electron chi connectivity index (χ1n) is 27.9. The second-order valence-corrected chi connectivity index (χ2v) is 21.8. The zero-order valence-corrected chi connectivity index (χ0v) is 51.3. The average Bonchev–Trinajstić information content (AvgIpc) is 2.38. The molecule has 0 fully saturated rings. The maximum atomic E-state index is 12.8. The number of hydrogen-bond donors (Lipinski definition) is 6. The number of carboxylic acid groups (broad SMARTS) is 1. The third-order valence-electron chi connectivity index (χ3n) is 13.4. The highest BCUT2D eigenvalue weighted by molar-refractivity contribution is 5.92. The van der Waals surface area contributed by atoms with E-state index in [0.717, 1.165) is 39.3 Å². The van der Waals surface area contributed by atoms with Gasteiger partial charge in [-0.1, -0.05) is 55.4 Å². The van der Waals surface area contributed by atoms with Crippen LogP contribution in [0.1, 0.15) is 142 Å². The van der Waals surface area contributed by atoms with E-state index in [1.807, 2.05) is 108 Å². The van der Waals surface area contributed by atoms with Crippen LogP contribution in [-0.2, 0) is 0 Å². The smallest absolute Gasteiger partial charge is 0.374 e. The van der Waals surface area contributed by atoms with Gasteiger partial charge in [-0.3, -0.25) is 18.5 Å². The number of amides is 1. The number of phenolic OH excluding ortho intramolecular Hbond substituents is 3. The summed E-state index contributed by atoms with van der Waals surface area (Å²) < 4.78 is 20.5. The van der Waals surface area contributed by atoms with Crippen molar-refractivity contribution in [1.82, 2.24) is 49.6 Å².